The van der Waals surface area contributed by atoms with Gasteiger partial charge in [0.1, 0.15) is 0 Å². The van der Waals surface area contributed by atoms with Gasteiger partial charge >= 0.3 is 0 Å². The van der Waals surface area contributed by atoms with E-state index in [-0.39, 0.29) is 5.78 Å². The molecular formula is C21H30O2. The minimum Gasteiger partial charge on any atom is -0.389 e. The third-order valence-electron chi connectivity index (χ3n) is 7.47. The van der Waals surface area contributed by atoms with Crippen LogP contribution < -0.4 is 0 Å². The molecule has 2 saturated carbocycles. The van der Waals surface area contributed by atoms with Gasteiger partial charge in [-0.05, 0) is 67.8 Å². The van der Waals surface area contributed by atoms with E-state index >= 15 is 0 Å². The molecule has 126 valence electrons. The summed E-state index contributed by atoms with van der Waals surface area (Å²) < 4.78 is 0. The first-order valence-electron chi connectivity index (χ1n) is 9.54. The highest BCUT2D eigenvalue weighted by Gasteiger charge is 2.57. The van der Waals surface area contributed by atoms with Crippen molar-refractivity contribution in [2.45, 2.75) is 71.3 Å². The summed E-state index contributed by atoms with van der Waals surface area (Å²) >= 11 is 0. The summed E-state index contributed by atoms with van der Waals surface area (Å²) in [4.78, 5) is 11.9. The fourth-order valence-corrected chi connectivity index (χ4v) is 6.47. The molecule has 2 fully saturated rings. The van der Waals surface area contributed by atoms with E-state index in [1.807, 2.05) is 6.08 Å². The maximum Gasteiger partial charge on any atom is 0.155 e. The number of aliphatic hydroxyl groups is 1. The third-order valence-corrected chi connectivity index (χ3v) is 7.47. The Kier molecular flexibility index (Phi) is 3.43. The van der Waals surface area contributed by atoms with Gasteiger partial charge in [0.05, 0.1) is 5.60 Å². The zero-order chi connectivity index (χ0) is 16.4. The summed E-state index contributed by atoms with van der Waals surface area (Å²) in [7, 11) is 0. The maximum absolute atomic E-state index is 11.9. The van der Waals surface area contributed by atoms with E-state index in [0.29, 0.717) is 41.9 Å². The SMILES string of the molecule is CCC1(O)CC2=CC(=O)CC[C@@H]2[C@H]2CC[C@]3(C)CC(C)C=C3[C@@H]21. The number of ketones is 1. The van der Waals surface area contributed by atoms with Crippen molar-refractivity contribution in [1.82, 2.24) is 0 Å². The van der Waals surface area contributed by atoms with Crippen LogP contribution in [0, 0.1) is 29.1 Å². The first-order valence-corrected chi connectivity index (χ1v) is 9.54. The molecule has 0 spiro atoms. The fourth-order valence-electron chi connectivity index (χ4n) is 6.47. The zero-order valence-corrected chi connectivity index (χ0v) is 14.8. The average Bonchev–Trinajstić information content (AvgIpc) is 2.80. The van der Waals surface area contributed by atoms with Gasteiger partial charge in [0.25, 0.3) is 0 Å². The predicted molar refractivity (Wildman–Crippen MR) is 91.9 cm³/mol. The van der Waals surface area contributed by atoms with Crippen molar-refractivity contribution >= 4 is 5.78 Å². The summed E-state index contributed by atoms with van der Waals surface area (Å²) in [6, 6.07) is 0. The fraction of sp³-hybridized carbons (Fsp3) is 0.762. The van der Waals surface area contributed by atoms with Gasteiger partial charge in [-0.2, -0.15) is 0 Å². The lowest BCUT2D eigenvalue weighted by atomic mass is 9.50. The number of allylic oxidation sites excluding steroid dienone is 2. The summed E-state index contributed by atoms with van der Waals surface area (Å²) in [6.45, 7) is 6.86. The molecule has 23 heavy (non-hydrogen) atoms. The van der Waals surface area contributed by atoms with Crippen molar-refractivity contribution in [3.8, 4) is 0 Å². The van der Waals surface area contributed by atoms with E-state index in [2.05, 4.69) is 26.8 Å². The Balaban J connectivity index is 1.80. The van der Waals surface area contributed by atoms with Crippen molar-refractivity contribution in [1.29, 1.82) is 0 Å². The van der Waals surface area contributed by atoms with E-state index in [1.165, 1.54) is 24.8 Å². The molecule has 0 amide bonds. The highest BCUT2D eigenvalue weighted by atomic mass is 16.3. The van der Waals surface area contributed by atoms with E-state index < -0.39 is 5.60 Å². The monoisotopic (exact) mass is 314 g/mol. The number of hydrogen-bond donors (Lipinski definition) is 1. The molecule has 2 unspecified atom stereocenters. The first kappa shape index (κ1) is 15.6. The van der Waals surface area contributed by atoms with Crippen LogP contribution in [0.4, 0.5) is 0 Å². The molecule has 0 bridgehead atoms. The second kappa shape index (κ2) is 5.05. The van der Waals surface area contributed by atoms with Gasteiger partial charge in [0.15, 0.2) is 5.78 Å². The molecule has 0 heterocycles. The van der Waals surface area contributed by atoms with E-state index in [0.717, 1.165) is 12.8 Å². The smallest absolute Gasteiger partial charge is 0.155 e. The molecule has 6 atom stereocenters. The number of fused-ring (bicyclic) bond motifs is 5. The minimum atomic E-state index is -0.651. The van der Waals surface area contributed by atoms with Gasteiger partial charge < -0.3 is 5.11 Å². The van der Waals surface area contributed by atoms with Crippen LogP contribution in [-0.4, -0.2) is 16.5 Å². The molecular weight excluding hydrogens is 284 g/mol. The zero-order valence-electron chi connectivity index (χ0n) is 14.8. The lowest BCUT2D eigenvalue weighted by Crippen LogP contribution is -2.54. The molecule has 0 aliphatic heterocycles. The highest BCUT2D eigenvalue weighted by molar-refractivity contribution is 5.91. The minimum absolute atomic E-state index is 0.266. The van der Waals surface area contributed by atoms with Crippen LogP contribution in [0.15, 0.2) is 23.3 Å². The Bertz CT molecular complexity index is 601. The molecule has 0 aromatic carbocycles. The summed E-state index contributed by atoms with van der Waals surface area (Å²) in [5.74, 6) is 2.29. The van der Waals surface area contributed by atoms with Crippen LogP contribution in [0.5, 0.6) is 0 Å². The molecule has 0 saturated heterocycles. The highest BCUT2D eigenvalue weighted by Crippen LogP contribution is 2.63. The van der Waals surface area contributed by atoms with Gasteiger partial charge in [0.2, 0.25) is 0 Å². The lowest BCUT2D eigenvalue weighted by molar-refractivity contribution is -0.117. The average molecular weight is 314 g/mol. The topological polar surface area (TPSA) is 37.3 Å². The second-order valence-corrected chi connectivity index (χ2v) is 9.01. The molecule has 4 aliphatic carbocycles. The lowest BCUT2D eigenvalue weighted by Gasteiger charge is -2.56. The normalized spacial score (nSPS) is 49.0. The largest absolute Gasteiger partial charge is 0.389 e. The number of rotatable bonds is 1. The standard InChI is InChI=1S/C21H30O2/c1-4-21(23)12-14-10-15(22)5-6-16(14)17-7-8-20(3)11-13(2)9-18(20)19(17)21/h9-10,13,16-17,19,23H,4-8,11-12H2,1-3H3/t13?,16-,17+,19+,20+,21?/m0/s1. The van der Waals surface area contributed by atoms with Crippen LogP contribution >= 0.6 is 0 Å². The molecule has 0 radical (unpaired) electrons. The number of carbonyl (C=O) groups excluding carboxylic acids is 1. The summed E-state index contributed by atoms with van der Waals surface area (Å²) in [5, 5.41) is 11.6. The Hall–Kier alpha value is -0.890. The number of carbonyl (C=O) groups is 1. The van der Waals surface area contributed by atoms with Crippen molar-refractivity contribution in [2.24, 2.45) is 29.1 Å². The first-order chi connectivity index (χ1) is 10.9. The summed E-state index contributed by atoms with van der Waals surface area (Å²) in [5.41, 5.74) is 2.46. The Morgan fingerprint density at radius 1 is 1.35 bits per heavy atom. The molecule has 4 aliphatic rings. The molecule has 4 rings (SSSR count). The van der Waals surface area contributed by atoms with Crippen molar-refractivity contribution in [3.63, 3.8) is 0 Å². The van der Waals surface area contributed by atoms with Crippen molar-refractivity contribution in [2.75, 3.05) is 0 Å². The van der Waals surface area contributed by atoms with Crippen LogP contribution in [0.3, 0.4) is 0 Å². The van der Waals surface area contributed by atoms with Gasteiger partial charge in [0, 0.05) is 12.3 Å². The van der Waals surface area contributed by atoms with Crippen molar-refractivity contribution < 1.29 is 9.90 Å². The van der Waals surface area contributed by atoms with Crippen LogP contribution in [-0.2, 0) is 4.79 Å². The Labute approximate surface area is 140 Å². The van der Waals surface area contributed by atoms with E-state index in [9.17, 15) is 9.90 Å². The van der Waals surface area contributed by atoms with Crippen molar-refractivity contribution in [3.05, 3.63) is 23.3 Å². The quantitative estimate of drug-likeness (QED) is 0.727. The number of hydrogen-bond acceptors (Lipinski definition) is 2. The predicted octanol–water partition coefficient (Wildman–Crippen LogP) is 4.44. The van der Waals surface area contributed by atoms with Gasteiger partial charge in [-0.15, -0.1) is 0 Å². The molecule has 2 heteroatoms. The van der Waals surface area contributed by atoms with Crippen LogP contribution in [0.2, 0.25) is 0 Å². The van der Waals surface area contributed by atoms with Gasteiger partial charge in [-0.3, -0.25) is 4.79 Å². The molecule has 1 N–H and O–H groups in total. The summed E-state index contributed by atoms with van der Waals surface area (Å²) in [6.07, 6.45) is 11.3. The third kappa shape index (κ3) is 2.21. The Morgan fingerprint density at radius 3 is 2.87 bits per heavy atom. The molecule has 0 aromatic rings. The van der Waals surface area contributed by atoms with Crippen LogP contribution in [0.25, 0.3) is 0 Å². The Morgan fingerprint density at radius 2 is 2.13 bits per heavy atom. The molecule has 0 aromatic heterocycles. The maximum atomic E-state index is 11.9. The van der Waals surface area contributed by atoms with Gasteiger partial charge in [-0.1, -0.05) is 38.0 Å². The molecule has 2 nitrogen and oxygen atoms in total. The van der Waals surface area contributed by atoms with E-state index in [1.54, 1.807) is 5.57 Å². The van der Waals surface area contributed by atoms with E-state index in [4.69, 9.17) is 0 Å². The van der Waals surface area contributed by atoms with Gasteiger partial charge in [-0.25, -0.2) is 0 Å². The van der Waals surface area contributed by atoms with Crippen LogP contribution in [0.1, 0.15) is 65.7 Å². The second-order valence-electron chi connectivity index (χ2n) is 9.01.